The molecule has 24 heavy (non-hydrogen) atoms. The van der Waals surface area contributed by atoms with Crippen LogP contribution in [0, 0.1) is 0 Å². The average molecular weight is 324 g/mol. The molecule has 124 valence electrons. The van der Waals surface area contributed by atoms with Crippen molar-refractivity contribution in [3.8, 4) is 22.8 Å². The first kappa shape index (κ1) is 15.0. The van der Waals surface area contributed by atoms with Gasteiger partial charge in [0.25, 0.3) is 0 Å². The van der Waals surface area contributed by atoms with Crippen LogP contribution < -0.4 is 14.8 Å². The van der Waals surface area contributed by atoms with Crippen LogP contribution in [0.3, 0.4) is 0 Å². The van der Waals surface area contributed by atoms with Crippen molar-refractivity contribution in [1.29, 1.82) is 0 Å². The predicted molar refractivity (Wildman–Crippen MR) is 92.4 cm³/mol. The Bertz CT molecular complexity index is 846. The van der Waals surface area contributed by atoms with Gasteiger partial charge in [-0.3, -0.25) is 10.1 Å². The number of benzene rings is 1. The normalized spacial score (nSPS) is 18.5. The summed E-state index contributed by atoms with van der Waals surface area (Å²) in [6.45, 7) is 4.37. The summed E-state index contributed by atoms with van der Waals surface area (Å²) in [5.41, 5.74) is 2.75. The Kier molecular flexibility index (Phi) is 4.04. The summed E-state index contributed by atoms with van der Waals surface area (Å²) < 4.78 is 11.8. The van der Waals surface area contributed by atoms with Gasteiger partial charge >= 0.3 is 0 Å². The zero-order valence-electron chi connectivity index (χ0n) is 13.6. The molecule has 1 aliphatic heterocycles. The van der Waals surface area contributed by atoms with Crippen LogP contribution in [0.5, 0.6) is 11.5 Å². The fourth-order valence-corrected chi connectivity index (χ4v) is 2.88. The van der Waals surface area contributed by atoms with E-state index in [1.807, 2.05) is 24.3 Å². The van der Waals surface area contributed by atoms with E-state index in [-0.39, 0.29) is 6.10 Å². The van der Waals surface area contributed by atoms with Gasteiger partial charge < -0.3 is 14.8 Å². The molecule has 0 saturated carbocycles. The van der Waals surface area contributed by atoms with Crippen LogP contribution in [0.25, 0.3) is 22.2 Å². The molecule has 0 amide bonds. The van der Waals surface area contributed by atoms with Gasteiger partial charge in [-0.15, -0.1) is 0 Å². The molecule has 6 nitrogen and oxygen atoms in total. The molecular formula is C18H20N4O2. The van der Waals surface area contributed by atoms with Gasteiger partial charge in [0.2, 0.25) is 0 Å². The lowest BCUT2D eigenvalue weighted by Gasteiger charge is -2.15. The Morgan fingerprint density at radius 2 is 2.08 bits per heavy atom. The molecule has 2 aromatic heterocycles. The van der Waals surface area contributed by atoms with Crippen LogP contribution in [0.15, 0.2) is 36.7 Å². The molecule has 0 spiro atoms. The molecule has 0 unspecified atom stereocenters. The lowest BCUT2D eigenvalue weighted by Crippen LogP contribution is -2.26. The molecular weight excluding hydrogens is 304 g/mol. The maximum absolute atomic E-state index is 6.05. The van der Waals surface area contributed by atoms with Gasteiger partial charge in [-0.05, 0) is 44.2 Å². The lowest BCUT2D eigenvalue weighted by molar-refractivity contribution is 0.208. The van der Waals surface area contributed by atoms with Crippen LogP contribution in [-0.4, -0.2) is 41.0 Å². The molecule has 6 heteroatoms. The van der Waals surface area contributed by atoms with Crippen LogP contribution in [-0.2, 0) is 0 Å². The second-order valence-electron chi connectivity index (χ2n) is 6.00. The van der Waals surface area contributed by atoms with Crippen molar-refractivity contribution in [3.05, 3.63) is 36.7 Å². The quantitative estimate of drug-likeness (QED) is 0.665. The number of nitrogens with zero attached hydrogens (tertiary/aromatic N) is 2. The maximum Gasteiger partial charge on any atom is 0.138 e. The molecule has 3 aromatic rings. The third-order valence-electron chi connectivity index (χ3n) is 4.13. The minimum Gasteiger partial charge on any atom is -0.491 e. The van der Waals surface area contributed by atoms with Crippen molar-refractivity contribution >= 4 is 10.9 Å². The molecule has 0 saturated heterocycles. The number of pyridine rings is 1. The highest BCUT2D eigenvalue weighted by atomic mass is 16.5. The summed E-state index contributed by atoms with van der Waals surface area (Å²) in [6.07, 6.45) is 4.60. The number of nitrogens with one attached hydrogen (secondary N) is 2. The second kappa shape index (κ2) is 6.49. The van der Waals surface area contributed by atoms with E-state index in [1.54, 1.807) is 12.4 Å². The number of aromatic nitrogens is 3. The summed E-state index contributed by atoms with van der Waals surface area (Å²) in [6, 6.07) is 7.98. The summed E-state index contributed by atoms with van der Waals surface area (Å²) in [7, 11) is 0. The van der Waals surface area contributed by atoms with E-state index in [1.165, 1.54) is 0 Å². The molecule has 0 radical (unpaired) electrons. The molecule has 1 aliphatic rings. The van der Waals surface area contributed by atoms with E-state index in [9.17, 15) is 0 Å². The first-order chi connectivity index (χ1) is 11.8. The van der Waals surface area contributed by atoms with Crippen molar-refractivity contribution in [2.24, 2.45) is 0 Å². The third kappa shape index (κ3) is 3.05. The predicted octanol–water partition coefficient (Wildman–Crippen LogP) is 2.76. The van der Waals surface area contributed by atoms with Gasteiger partial charge in [0, 0.05) is 23.7 Å². The number of hydrogen-bond acceptors (Lipinski definition) is 5. The third-order valence-corrected chi connectivity index (χ3v) is 4.13. The Morgan fingerprint density at radius 1 is 1.12 bits per heavy atom. The summed E-state index contributed by atoms with van der Waals surface area (Å²) in [5, 5.41) is 11.9. The van der Waals surface area contributed by atoms with Crippen LogP contribution in [0.1, 0.15) is 13.3 Å². The molecule has 2 N–H and O–H groups in total. The van der Waals surface area contributed by atoms with Crippen molar-refractivity contribution in [3.63, 3.8) is 0 Å². The maximum atomic E-state index is 6.05. The molecule has 4 bridgehead atoms. The van der Waals surface area contributed by atoms with Crippen molar-refractivity contribution in [2.75, 3.05) is 19.7 Å². The average Bonchev–Trinajstić information content (AvgIpc) is 3.01. The van der Waals surface area contributed by atoms with E-state index in [2.05, 4.69) is 27.4 Å². The van der Waals surface area contributed by atoms with Crippen molar-refractivity contribution in [1.82, 2.24) is 20.5 Å². The molecule has 0 aliphatic carbocycles. The summed E-state index contributed by atoms with van der Waals surface area (Å²) in [4.78, 5) is 4.28. The fourth-order valence-electron chi connectivity index (χ4n) is 2.88. The second-order valence-corrected chi connectivity index (χ2v) is 6.00. The number of H-pyrrole nitrogens is 1. The van der Waals surface area contributed by atoms with E-state index in [0.29, 0.717) is 6.61 Å². The van der Waals surface area contributed by atoms with Crippen LogP contribution in [0.4, 0.5) is 0 Å². The SMILES string of the molecule is C[C@H]1CCNCCOc2cncc(c2)-c2n[nH]c3ccc(cc23)O1. The number of aromatic amines is 1. The first-order valence-electron chi connectivity index (χ1n) is 8.23. The van der Waals surface area contributed by atoms with Gasteiger partial charge in [-0.1, -0.05) is 0 Å². The minimum absolute atomic E-state index is 0.138. The topological polar surface area (TPSA) is 72.1 Å². The van der Waals surface area contributed by atoms with Crippen molar-refractivity contribution < 1.29 is 9.47 Å². The van der Waals surface area contributed by atoms with Gasteiger partial charge in [0.1, 0.15) is 23.8 Å². The van der Waals surface area contributed by atoms with E-state index in [4.69, 9.17) is 9.47 Å². The zero-order valence-corrected chi connectivity index (χ0v) is 13.6. The summed E-state index contributed by atoms with van der Waals surface area (Å²) in [5.74, 6) is 1.61. The lowest BCUT2D eigenvalue weighted by atomic mass is 10.1. The largest absolute Gasteiger partial charge is 0.491 e. The molecule has 4 rings (SSSR count). The summed E-state index contributed by atoms with van der Waals surface area (Å²) >= 11 is 0. The highest BCUT2D eigenvalue weighted by molar-refractivity contribution is 5.93. The minimum atomic E-state index is 0.138. The molecule has 0 fully saturated rings. The van der Waals surface area contributed by atoms with Gasteiger partial charge in [-0.2, -0.15) is 5.10 Å². The zero-order chi connectivity index (χ0) is 16.4. The van der Waals surface area contributed by atoms with E-state index in [0.717, 1.165) is 53.2 Å². The Balaban J connectivity index is 1.79. The van der Waals surface area contributed by atoms with Crippen LogP contribution in [0.2, 0.25) is 0 Å². The number of ether oxygens (including phenoxy) is 2. The van der Waals surface area contributed by atoms with Gasteiger partial charge in [0.15, 0.2) is 0 Å². The molecule has 1 atom stereocenters. The van der Waals surface area contributed by atoms with Crippen LogP contribution >= 0.6 is 0 Å². The van der Waals surface area contributed by atoms with Gasteiger partial charge in [0.05, 0.1) is 17.8 Å². The van der Waals surface area contributed by atoms with Crippen molar-refractivity contribution in [2.45, 2.75) is 19.4 Å². The Hall–Kier alpha value is -2.60. The number of hydrogen-bond donors (Lipinski definition) is 2. The first-order valence-corrected chi connectivity index (χ1v) is 8.23. The number of fused-ring (bicyclic) bond motifs is 4. The molecule has 1 aromatic carbocycles. The highest BCUT2D eigenvalue weighted by Gasteiger charge is 2.12. The Morgan fingerprint density at radius 3 is 3.04 bits per heavy atom. The smallest absolute Gasteiger partial charge is 0.138 e. The number of rotatable bonds is 0. The standard InChI is InChI=1S/C18H20N4O2/c1-12-4-5-19-6-7-23-15-8-13(10-20-11-15)18-16-9-14(24-12)2-3-17(16)21-22-18/h2-3,8-12,19H,4-7H2,1H3,(H,21,22)/t12-/m0/s1. The highest BCUT2D eigenvalue weighted by Crippen LogP contribution is 2.30. The monoisotopic (exact) mass is 324 g/mol. The fraction of sp³-hybridized carbons (Fsp3) is 0.333. The van der Waals surface area contributed by atoms with Gasteiger partial charge in [-0.25, -0.2) is 0 Å². The van der Waals surface area contributed by atoms with E-state index >= 15 is 0 Å². The Labute approximate surface area is 140 Å². The molecule has 3 heterocycles. The van der Waals surface area contributed by atoms with E-state index < -0.39 is 0 Å².